The number of aromatic nitrogens is 3. The highest BCUT2D eigenvalue weighted by Gasteiger charge is 2.35. The molecule has 10 heteroatoms. The van der Waals surface area contributed by atoms with Gasteiger partial charge in [-0.1, -0.05) is 36.4 Å². The number of aryl methyl sites for hydroxylation is 1. The van der Waals surface area contributed by atoms with Gasteiger partial charge in [-0.25, -0.2) is 4.79 Å². The molecule has 2 amide bonds. The molecule has 0 saturated carbocycles. The number of amides is 2. The minimum atomic E-state index is -0.924. The highest BCUT2D eigenvalue weighted by atomic mass is 16.6. The minimum Gasteiger partial charge on any atom is -0.436 e. The fourth-order valence-electron chi connectivity index (χ4n) is 7.51. The van der Waals surface area contributed by atoms with Crippen molar-refractivity contribution in [1.82, 2.24) is 29.9 Å². The number of likely N-dealkylation sites (tertiary alicyclic amines) is 2. The number of carbonyl (C=O) groups is 2. The van der Waals surface area contributed by atoms with E-state index in [-0.39, 0.29) is 17.4 Å². The highest BCUT2D eigenvalue weighted by Crippen LogP contribution is 2.29. The average molecular weight is 623 g/mol. The lowest BCUT2D eigenvalue weighted by atomic mass is 9.89. The largest absolute Gasteiger partial charge is 0.436 e. The Labute approximate surface area is 268 Å². The van der Waals surface area contributed by atoms with E-state index in [9.17, 15) is 14.4 Å². The van der Waals surface area contributed by atoms with Gasteiger partial charge in [0.2, 0.25) is 0 Å². The van der Waals surface area contributed by atoms with Gasteiger partial charge < -0.3 is 19.5 Å². The number of piperidine rings is 2. The van der Waals surface area contributed by atoms with Crippen molar-refractivity contribution in [2.45, 2.75) is 63.5 Å². The fraction of sp³-hybridized carbons (Fsp3) is 0.444. The van der Waals surface area contributed by atoms with Crippen LogP contribution in [0.25, 0.3) is 21.8 Å². The fourth-order valence-corrected chi connectivity index (χ4v) is 7.51. The van der Waals surface area contributed by atoms with Crippen LogP contribution in [0.3, 0.4) is 0 Å². The number of rotatable bonds is 6. The molecule has 0 aliphatic carbocycles. The molecule has 2 N–H and O–H groups in total. The lowest BCUT2D eigenvalue weighted by Gasteiger charge is -2.40. The van der Waals surface area contributed by atoms with Crippen LogP contribution in [0.2, 0.25) is 0 Å². The third-order valence-corrected chi connectivity index (χ3v) is 10.1. The molecule has 7 rings (SSSR count). The van der Waals surface area contributed by atoms with Crippen LogP contribution in [0.15, 0.2) is 65.6 Å². The summed E-state index contributed by atoms with van der Waals surface area (Å²) in [6.07, 6.45) is 9.38. The van der Waals surface area contributed by atoms with Crippen LogP contribution in [0.4, 0.5) is 4.79 Å². The van der Waals surface area contributed by atoms with Gasteiger partial charge in [-0.3, -0.25) is 19.6 Å². The third-order valence-electron chi connectivity index (χ3n) is 10.1. The Morgan fingerprint density at radius 3 is 2.52 bits per heavy atom. The first-order chi connectivity index (χ1) is 22.4. The first kappa shape index (κ1) is 30.2. The van der Waals surface area contributed by atoms with E-state index in [0.29, 0.717) is 51.5 Å². The molecule has 0 spiro atoms. The molecule has 46 heavy (non-hydrogen) atoms. The number of aromatic amines is 2. The van der Waals surface area contributed by atoms with Gasteiger partial charge in [0.1, 0.15) is 0 Å². The van der Waals surface area contributed by atoms with Crippen molar-refractivity contribution in [2.24, 2.45) is 0 Å². The van der Waals surface area contributed by atoms with Crippen LogP contribution in [-0.2, 0) is 16.0 Å². The zero-order valence-corrected chi connectivity index (χ0v) is 26.4. The quantitative estimate of drug-likeness (QED) is 0.296. The number of benzene rings is 2. The number of ether oxygens (including phenoxy) is 1. The number of para-hydroxylation sites is 1. The van der Waals surface area contributed by atoms with Gasteiger partial charge in [0, 0.05) is 68.2 Å². The number of fused-ring (bicyclic) bond motifs is 2. The van der Waals surface area contributed by atoms with Crippen molar-refractivity contribution in [3.63, 3.8) is 0 Å². The van der Waals surface area contributed by atoms with Crippen molar-refractivity contribution in [3.8, 4) is 0 Å². The van der Waals surface area contributed by atoms with Gasteiger partial charge in [-0.15, -0.1) is 0 Å². The molecular weight excluding hydrogens is 580 g/mol. The molecule has 2 aromatic carbocycles. The van der Waals surface area contributed by atoms with Crippen molar-refractivity contribution in [3.05, 3.63) is 87.9 Å². The second kappa shape index (κ2) is 13.1. The molecule has 0 unspecified atom stereocenters. The molecule has 1 atom stereocenters. The van der Waals surface area contributed by atoms with E-state index in [2.05, 4.69) is 32.2 Å². The summed E-state index contributed by atoms with van der Waals surface area (Å²) in [4.78, 5) is 49.6. The molecule has 3 aliphatic rings. The van der Waals surface area contributed by atoms with Crippen LogP contribution in [0.5, 0.6) is 0 Å². The van der Waals surface area contributed by atoms with E-state index in [4.69, 9.17) is 4.74 Å². The first-order valence-electron chi connectivity index (χ1n) is 16.6. The molecule has 0 radical (unpaired) electrons. The van der Waals surface area contributed by atoms with Crippen molar-refractivity contribution in [2.75, 3.05) is 39.3 Å². The van der Waals surface area contributed by atoms with Crippen LogP contribution >= 0.6 is 0 Å². The summed E-state index contributed by atoms with van der Waals surface area (Å²) in [6, 6.07) is 14.3. The first-order valence-corrected chi connectivity index (χ1v) is 16.6. The number of nitrogens with one attached hydrogen (secondary N) is 2. The van der Waals surface area contributed by atoms with Gasteiger partial charge in [-0.05, 0) is 79.7 Å². The predicted octanol–water partition coefficient (Wildman–Crippen LogP) is 4.89. The Hall–Kier alpha value is -4.44. The molecule has 2 aromatic heterocycles. The SMILES string of the molecule is Cc1cc(C[C@@H](OC(=O)N2CCC(c3cc4ccccc4[nH]c3=O)CC2)C(=O)N2CCC(N3CC=CCC3)CC2)cc2cn[nH]c12. The summed E-state index contributed by atoms with van der Waals surface area (Å²) in [7, 11) is 0. The Morgan fingerprint density at radius 2 is 1.74 bits per heavy atom. The van der Waals surface area contributed by atoms with E-state index >= 15 is 0 Å². The van der Waals surface area contributed by atoms with Crippen LogP contribution in [0.1, 0.15) is 54.7 Å². The van der Waals surface area contributed by atoms with Gasteiger partial charge in [0.25, 0.3) is 11.5 Å². The molecule has 0 bridgehead atoms. The molecule has 240 valence electrons. The summed E-state index contributed by atoms with van der Waals surface area (Å²) >= 11 is 0. The van der Waals surface area contributed by atoms with Crippen molar-refractivity contribution < 1.29 is 14.3 Å². The Bertz CT molecular complexity index is 1810. The summed E-state index contributed by atoms with van der Waals surface area (Å²) in [5.74, 6) is -0.0796. The van der Waals surface area contributed by atoms with E-state index in [0.717, 1.165) is 70.8 Å². The predicted molar refractivity (Wildman–Crippen MR) is 178 cm³/mol. The van der Waals surface area contributed by atoms with Gasteiger partial charge in [0.05, 0.1) is 11.7 Å². The number of carbonyl (C=O) groups excluding carboxylic acids is 2. The van der Waals surface area contributed by atoms with Crippen LogP contribution < -0.4 is 5.56 Å². The monoisotopic (exact) mass is 622 g/mol. The summed E-state index contributed by atoms with van der Waals surface area (Å²) in [5, 5.41) is 9.17. The maximum Gasteiger partial charge on any atom is 0.410 e. The smallest absolute Gasteiger partial charge is 0.410 e. The molecule has 5 heterocycles. The maximum absolute atomic E-state index is 14.0. The van der Waals surface area contributed by atoms with Gasteiger partial charge in [-0.2, -0.15) is 5.10 Å². The van der Waals surface area contributed by atoms with Gasteiger partial charge >= 0.3 is 6.09 Å². The zero-order chi connectivity index (χ0) is 31.6. The number of nitrogens with zero attached hydrogens (tertiary/aromatic N) is 4. The normalized spacial score (nSPS) is 19.2. The summed E-state index contributed by atoms with van der Waals surface area (Å²) in [6.45, 7) is 6.29. The third kappa shape index (κ3) is 6.31. The number of hydrogen-bond acceptors (Lipinski definition) is 6. The second-order valence-electron chi connectivity index (χ2n) is 13.0. The Kier molecular flexibility index (Phi) is 8.62. The Balaban J connectivity index is 1.04. The van der Waals surface area contributed by atoms with E-state index in [1.807, 2.05) is 54.3 Å². The highest BCUT2D eigenvalue weighted by molar-refractivity contribution is 5.85. The minimum absolute atomic E-state index is 0.0520. The molecule has 3 aliphatic heterocycles. The molecule has 2 fully saturated rings. The van der Waals surface area contributed by atoms with E-state index in [1.165, 1.54) is 0 Å². The molecular formula is C36H42N6O4. The van der Waals surface area contributed by atoms with Crippen molar-refractivity contribution in [1.29, 1.82) is 0 Å². The summed E-state index contributed by atoms with van der Waals surface area (Å²) < 4.78 is 6.09. The second-order valence-corrected chi connectivity index (χ2v) is 13.0. The van der Waals surface area contributed by atoms with Gasteiger partial charge in [0.15, 0.2) is 6.10 Å². The molecule has 10 nitrogen and oxygen atoms in total. The average Bonchev–Trinajstić information content (AvgIpc) is 3.57. The molecule has 2 saturated heterocycles. The molecule has 4 aromatic rings. The van der Waals surface area contributed by atoms with Crippen LogP contribution in [-0.4, -0.2) is 93.3 Å². The van der Waals surface area contributed by atoms with E-state index in [1.54, 1.807) is 11.1 Å². The lowest BCUT2D eigenvalue weighted by Crippen LogP contribution is -2.51. The topological polar surface area (TPSA) is 115 Å². The van der Waals surface area contributed by atoms with Crippen molar-refractivity contribution >= 4 is 33.8 Å². The van der Waals surface area contributed by atoms with E-state index < -0.39 is 12.2 Å². The lowest BCUT2D eigenvalue weighted by molar-refractivity contribution is -0.142. The zero-order valence-electron chi connectivity index (χ0n) is 26.4. The Morgan fingerprint density at radius 1 is 0.957 bits per heavy atom. The number of hydrogen-bond donors (Lipinski definition) is 2. The standard InChI is InChI=1S/C36H42N6O4/c1-24-19-25(20-28-23-37-39-33(24)28)21-32(35(44)41-17-11-29(12-18-41)40-13-5-2-6-14-40)46-36(45)42-15-9-26(10-16-42)30-22-27-7-3-4-8-31(27)38-34(30)43/h2-5,7-8,19-20,22-23,26,29,32H,6,9-18,21H2,1H3,(H,37,39)(H,38,43)/t32-/m1/s1. The summed E-state index contributed by atoms with van der Waals surface area (Å²) in [5.41, 5.74) is 4.44. The number of H-pyrrole nitrogens is 2. The number of pyridine rings is 1. The maximum atomic E-state index is 14.0. The van der Waals surface area contributed by atoms with Crippen LogP contribution in [0, 0.1) is 6.92 Å².